The zero-order valence-corrected chi connectivity index (χ0v) is 19.4. The molecule has 2 aliphatic heterocycles. The molecule has 0 bridgehead atoms. The predicted octanol–water partition coefficient (Wildman–Crippen LogP) is 1.49. The summed E-state index contributed by atoms with van der Waals surface area (Å²) in [7, 11) is -0.854. The molecule has 1 fully saturated rings. The lowest BCUT2D eigenvalue weighted by Crippen LogP contribution is -2.50. The third-order valence-electron chi connectivity index (χ3n) is 5.69. The van der Waals surface area contributed by atoms with Crippen LogP contribution in [0.25, 0.3) is 0 Å². The number of sulfonamides is 1. The van der Waals surface area contributed by atoms with Gasteiger partial charge in [-0.2, -0.15) is 4.31 Å². The second-order valence-electron chi connectivity index (χ2n) is 7.69. The van der Waals surface area contributed by atoms with E-state index in [-0.39, 0.29) is 49.5 Å². The van der Waals surface area contributed by atoms with E-state index in [1.807, 2.05) is 0 Å². The van der Waals surface area contributed by atoms with Crippen LogP contribution in [0.2, 0.25) is 0 Å². The molecule has 2 heterocycles. The lowest BCUT2D eigenvalue weighted by Gasteiger charge is -2.34. The van der Waals surface area contributed by atoms with Crippen molar-refractivity contribution in [3.8, 4) is 17.2 Å². The van der Waals surface area contributed by atoms with Gasteiger partial charge in [-0.05, 0) is 30.7 Å². The first kappa shape index (κ1) is 22.9. The predicted molar refractivity (Wildman–Crippen MR) is 120 cm³/mol. The molecular weight excluding hydrogens is 450 g/mol. The highest BCUT2D eigenvalue weighted by atomic mass is 32.2. The van der Waals surface area contributed by atoms with Gasteiger partial charge < -0.3 is 24.4 Å². The third kappa shape index (κ3) is 4.21. The van der Waals surface area contributed by atoms with Gasteiger partial charge in [0.2, 0.25) is 10.0 Å². The van der Waals surface area contributed by atoms with Crippen molar-refractivity contribution >= 4 is 27.5 Å². The number of para-hydroxylation sites is 1. The smallest absolute Gasteiger partial charge is 0.262 e. The fourth-order valence-corrected chi connectivity index (χ4v) is 5.63. The van der Waals surface area contributed by atoms with Crippen LogP contribution < -0.4 is 19.5 Å². The standard InChI is InChI=1S/C22H25N3O7S/c1-14-11-16-18(32-13-20(26)23-16)12-19(14)33(28,29)25-9-7-24(8-10-25)22(27)15-5-4-6-17(30-2)21(15)31-3/h4-6,11-12H,7-10,13H2,1-3H3,(H,23,26). The summed E-state index contributed by atoms with van der Waals surface area (Å²) in [4.78, 5) is 26.3. The van der Waals surface area contributed by atoms with E-state index < -0.39 is 10.0 Å². The van der Waals surface area contributed by atoms with Crippen LogP contribution in [-0.2, 0) is 14.8 Å². The molecule has 2 aliphatic rings. The Morgan fingerprint density at radius 1 is 1.09 bits per heavy atom. The minimum absolute atomic E-state index is 0.117. The number of nitrogens with one attached hydrogen (secondary N) is 1. The van der Waals surface area contributed by atoms with Crippen LogP contribution in [0.4, 0.5) is 5.69 Å². The molecule has 33 heavy (non-hydrogen) atoms. The monoisotopic (exact) mass is 475 g/mol. The molecule has 4 rings (SSSR count). The number of carbonyl (C=O) groups excluding carboxylic acids is 2. The number of hydrogen-bond donors (Lipinski definition) is 1. The molecule has 0 aromatic heterocycles. The number of amides is 2. The van der Waals surface area contributed by atoms with E-state index in [1.54, 1.807) is 36.1 Å². The molecule has 0 unspecified atom stereocenters. The topological polar surface area (TPSA) is 114 Å². The molecule has 0 spiro atoms. The van der Waals surface area contributed by atoms with E-state index in [0.717, 1.165) is 0 Å². The van der Waals surface area contributed by atoms with Crippen molar-refractivity contribution in [3.63, 3.8) is 0 Å². The van der Waals surface area contributed by atoms with E-state index in [0.29, 0.717) is 34.1 Å². The number of benzene rings is 2. The van der Waals surface area contributed by atoms with Gasteiger partial charge in [0.15, 0.2) is 18.1 Å². The highest BCUT2D eigenvalue weighted by Crippen LogP contribution is 2.35. The van der Waals surface area contributed by atoms with Gasteiger partial charge in [-0.1, -0.05) is 6.07 Å². The van der Waals surface area contributed by atoms with Crippen molar-refractivity contribution < 1.29 is 32.2 Å². The van der Waals surface area contributed by atoms with Crippen LogP contribution in [0.15, 0.2) is 35.2 Å². The largest absolute Gasteiger partial charge is 0.493 e. The van der Waals surface area contributed by atoms with Crippen LogP contribution in [0, 0.1) is 6.92 Å². The maximum Gasteiger partial charge on any atom is 0.262 e. The number of nitrogens with zero attached hydrogens (tertiary/aromatic N) is 2. The Balaban J connectivity index is 1.51. The van der Waals surface area contributed by atoms with Crippen molar-refractivity contribution in [3.05, 3.63) is 41.5 Å². The second-order valence-corrected chi connectivity index (χ2v) is 9.59. The van der Waals surface area contributed by atoms with Crippen molar-refractivity contribution in [1.29, 1.82) is 0 Å². The Morgan fingerprint density at radius 2 is 1.82 bits per heavy atom. The molecule has 176 valence electrons. The minimum atomic E-state index is -3.82. The summed E-state index contributed by atoms with van der Waals surface area (Å²) >= 11 is 0. The molecule has 0 aliphatic carbocycles. The number of carbonyl (C=O) groups is 2. The number of anilines is 1. The maximum absolute atomic E-state index is 13.3. The summed E-state index contributed by atoms with van der Waals surface area (Å²) in [6.45, 7) is 2.26. The first-order chi connectivity index (χ1) is 15.8. The molecule has 1 saturated heterocycles. The normalized spacial score (nSPS) is 16.5. The number of piperazine rings is 1. The molecule has 1 N–H and O–H groups in total. The van der Waals surface area contributed by atoms with Crippen molar-refractivity contribution in [2.45, 2.75) is 11.8 Å². The van der Waals surface area contributed by atoms with Gasteiger partial charge in [-0.25, -0.2) is 8.42 Å². The Kier molecular flexibility index (Phi) is 6.17. The summed E-state index contributed by atoms with van der Waals surface area (Å²) < 4.78 is 44.0. The second kappa shape index (κ2) is 8.91. The quantitative estimate of drug-likeness (QED) is 0.697. The number of rotatable bonds is 5. The van der Waals surface area contributed by atoms with E-state index in [4.69, 9.17) is 14.2 Å². The van der Waals surface area contributed by atoms with Crippen LogP contribution in [0.3, 0.4) is 0 Å². The summed E-state index contributed by atoms with van der Waals surface area (Å²) in [6, 6.07) is 8.10. The number of fused-ring (bicyclic) bond motifs is 1. The zero-order chi connectivity index (χ0) is 23.8. The first-order valence-corrected chi connectivity index (χ1v) is 11.8. The molecule has 10 nitrogen and oxygen atoms in total. The fraction of sp³-hybridized carbons (Fsp3) is 0.364. The number of aryl methyl sites for hydroxylation is 1. The van der Waals surface area contributed by atoms with Gasteiger partial charge >= 0.3 is 0 Å². The van der Waals surface area contributed by atoms with Gasteiger partial charge in [-0.15, -0.1) is 0 Å². The first-order valence-electron chi connectivity index (χ1n) is 10.3. The van der Waals surface area contributed by atoms with Crippen LogP contribution in [-0.4, -0.2) is 76.4 Å². The van der Waals surface area contributed by atoms with Crippen molar-refractivity contribution in [2.24, 2.45) is 0 Å². The Morgan fingerprint density at radius 3 is 2.48 bits per heavy atom. The molecular formula is C22H25N3O7S. The van der Waals surface area contributed by atoms with Crippen molar-refractivity contribution in [1.82, 2.24) is 9.21 Å². The minimum Gasteiger partial charge on any atom is -0.493 e. The molecule has 0 saturated carbocycles. The number of methoxy groups -OCH3 is 2. The van der Waals surface area contributed by atoms with Crippen LogP contribution in [0.5, 0.6) is 17.2 Å². The summed E-state index contributed by atoms with van der Waals surface area (Å²) in [6.07, 6.45) is 0. The average molecular weight is 476 g/mol. The molecule has 0 atom stereocenters. The number of ether oxygens (including phenoxy) is 3. The lowest BCUT2D eigenvalue weighted by molar-refractivity contribution is -0.118. The Hall–Kier alpha value is -3.31. The molecule has 0 radical (unpaired) electrons. The van der Waals surface area contributed by atoms with Gasteiger partial charge in [-0.3, -0.25) is 9.59 Å². The summed E-state index contributed by atoms with van der Waals surface area (Å²) in [5.74, 6) is 0.572. The molecule has 2 aromatic rings. The van der Waals surface area contributed by atoms with E-state index >= 15 is 0 Å². The van der Waals surface area contributed by atoms with Crippen LogP contribution in [0.1, 0.15) is 15.9 Å². The SMILES string of the molecule is COc1cccc(C(=O)N2CCN(S(=O)(=O)c3cc4c(cc3C)NC(=O)CO4)CC2)c1OC. The maximum atomic E-state index is 13.3. The van der Waals surface area contributed by atoms with Crippen LogP contribution >= 0.6 is 0 Å². The average Bonchev–Trinajstić information content (AvgIpc) is 2.82. The Labute approximate surface area is 192 Å². The number of hydrogen-bond acceptors (Lipinski definition) is 7. The lowest BCUT2D eigenvalue weighted by atomic mass is 10.1. The Bertz CT molecular complexity index is 1200. The fourth-order valence-electron chi connectivity index (χ4n) is 3.99. The van der Waals surface area contributed by atoms with E-state index in [2.05, 4.69) is 5.32 Å². The highest BCUT2D eigenvalue weighted by molar-refractivity contribution is 7.89. The van der Waals surface area contributed by atoms with E-state index in [1.165, 1.54) is 24.6 Å². The third-order valence-corrected chi connectivity index (χ3v) is 7.73. The van der Waals surface area contributed by atoms with Gasteiger partial charge in [0.1, 0.15) is 5.75 Å². The molecule has 11 heteroatoms. The van der Waals surface area contributed by atoms with Crippen molar-refractivity contribution in [2.75, 3.05) is 52.3 Å². The van der Waals surface area contributed by atoms with Gasteiger partial charge in [0.25, 0.3) is 11.8 Å². The van der Waals surface area contributed by atoms with E-state index in [9.17, 15) is 18.0 Å². The molecule has 2 aromatic carbocycles. The summed E-state index contributed by atoms with van der Waals surface area (Å²) in [5, 5.41) is 2.67. The summed E-state index contributed by atoms with van der Waals surface area (Å²) in [5.41, 5.74) is 1.31. The zero-order valence-electron chi connectivity index (χ0n) is 18.6. The highest BCUT2D eigenvalue weighted by Gasteiger charge is 2.33. The van der Waals surface area contributed by atoms with Gasteiger partial charge in [0, 0.05) is 32.2 Å². The van der Waals surface area contributed by atoms with Gasteiger partial charge in [0.05, 0.1) is 30.4 Å². The molecule has 2 amide bonds.